The number of thioether (sulfide) groups is 1. The zero-order valence-electron chi connectivity index (χ0n) is 17.9. The van der Waals surface area contributed by atoms with Crippen LogP contribution in [0.4, 0.5) is 0 Å². The number of aromatic nitrogens is 3. The van der Waals surface area contributed by atoms with Crippen molar-refractivity contribution in [3.8, 4) is 22.9 Å². The van der Waals surface area contributed by atoms with Gasteiger partial charge >= 0.3 is 0 Å². The average molecular weight is 439 g/mol. The molecule has 0 radical (unpaired) electrons. The number of amides is 1. The Morgan fingerprint density at radius 1 is 1.03 bits per heavy atom. The van der Waals surface area contributed by atoms with Crippen LogP contribution in [0.5, 0.6) is 11.5 Å². The number of carbonyl (C=O) groups excluding carboxylic acids is 1. The maximum Gasteiger partial charge on any atom is 0.233 e. The van der Waals surface area contributed by atoms with Crippen molar-refractivity contribution < 1.29 is 14.3 Å². The van der Waals surface area contributed by atoms with Crippen molar-refractivity contribution in [2.24, 2.45) is 7.05 Å². The quantitative estimate of drug-likeness (QED) is 0.474. The fourth-order valence-corrected chi connectivity index (χ4v) is 4.17. The Hall–Kier alpha value is -3.00. The predicted molar refractivity (Wildman–Crippen MR) is 120 cm³/mol. The molecule has 1 heterocycles. The summed E-state index contributed by atoms with van der Waals surface area (Å²) in [5.74, 6) is 2.83. The summed E-state index contributed by atoms with van der Waals surface area (Å²) >= 11 is 1.42. The number of hydrogen-bond acceptors (Lipinski definition) is 6. The van der Waals surface area contributed by atoms with E-state index in [2.05, 4.69) is 10.2 Å². The summed E-state index contributed by atoms with van der Waals surface area (Å²) in [5.41, 5.74) is 2.06. The van der Waals surface area contributed by atoms with Gasteiger partial charge in [0.15, 0.2) is 11.0 Å². The van der Waals surface area contributed by atoms with Crippen LogP contribution >= 0.6 is 11.8 Å². The molecule has 7 nitrogen and oxygen atoms in total. The summed E-state index contributed by atoms with van der Waals surface area (Å²) in [6.45, 7) is 0.615. The normalized spacial score (nSPS) is 13.1. The van der Waals surface area contributed by atoms with Gasteiger partial charge in [0.25, 0.3) is 0 Å². The lowest BCUT2D eigenvalue weighted by atomic mass is 10.2. The SMILES string of the molecule is COc1ccc(CN(C(=O)CSc2nnc(-c3ccc(OC)cc3)n2C)C2CC2)cc1. The Balaban J connectivity index is 1.40. The van der Waals surface area contributed by atoms with Crippen molar-refractivity contribution in [1.29, 1.82) is 0 Å². The first kappa shape index (κ1) is 21.2. The number of hydrogen-bond donors (Lipinski definition) is 0. The zero-order valence-corrected chi connectivity index (χ0v) is 18.8. The highest BCUT2D eigenvalue weighted by molar-refractivity contribution is 7.99. The standard InChI is InChI=1S/C23H26N4O3S/c1-26-22(17-6-12-20(30-3)13-7-17)24-25-23(26)31-15-21(28)27(18-8-9-18)14-16-4-10-19(29-2)11-5-16/h4-7,10-13,18H,8-9,14-15H2,1-3H3. The molecular formula is C23H26N4O3S. The van der Waals surface area contributed by atoms with E-state index in [9.17, 15) is 4.79 Å². The zero-order chi connectivity index (χ0) is 21.8. The minimum Gasteiger partial charge on any atom is -0.497 e. The van der Waals surface area contributed by atoms with Crippen LogP contribution in [-0.4, -0.2) is 51.6 Å². The molecule has 0 N–H and O–H groups in total. The first-order valence-electron chi connectivity index (χ1n) is 10.2. The number of carbonyl (C=O) groups is 1. The highest BCUT2D eigenvalue weighted by Gasteiger charge is 2.32. The molecule has 162 valence electrons. The van der Waals surface area contributed by atoms with Crippen molar-refractivity contribution in [3.63, 3.8) is 0 Å². The van der Waals surface area contributed by atoms with E-state index >= 15 is 0 Å². The monoisotopic (exact) mass is 438 g/mol. The number of ether oxygens (including phenoxy) is 2. The van der Waals surface area contributed by atoms with E-state index in [1.807, 2.05) is 65.0 Å². The van der Waals surface area contributed by atoms with Gasteiger partial charge in [-0.2, -0.15) is 0 Å². The van der Waals surface area contributed by atoms with Crippen LogP contribution in [0, 0.1) is 0 Å². The molecule has 4 rings (SSSR count). The van der Waals surface area contributed by atoms with E-state index in [1.54, 1.807) is 14.2 Å². The van der Waals surface area contributed by atoms with Gasteiger partial charge in [0.2, 0.25) is 5.91 Å². The molecule has 0 unspecified atom stereocenters. The van der Waals surface area contributed by atoms with Gasteiger partial charge in [-0.05, 0) is 54.8 Å². The molecule has 1 amide bonds. The Bertz CT molecular complexity index is 1030. The maximum atomic E-state index is 13.0. The highest BCUT2D eigenvalue weighted by atomic mass is 32.2. The molecule has 0 aliphatic heterocycles. The summed E-state index contributed by atoms with van der Waals surface area (Å²) in [6.07, 6.45) is 2.14. The summed E-state index contributed by atoms with van der Waals surface area (Å²) in [6, 6.07) is 15.9. The van der Waals surface area contributed by atoms with E-state index in [1.165, 1.54) is 11.8 Å². The number of benzene rings is 2. The molecule has 1 aliphatic rings. The molecule has 0 bridgehead atoms. The molecule has 1 aromatic heterocycles. The summed E-state index contributed by atoms with van der Waals surface area (Å²) < 4.78 is 12.4. The van der Waals surface area contributed by atoms with Gasteiger partial charge < -0.3 is 18.9 Å². The molecule has 0 saturated heterocycles. The minimum absolute atomic E-state index is 0.123. The van der Waals surface area contributed by atoms with Crippen molar-refractivity contribution in [2.75, 3.05) is 20.0 Å². The van der Waals surface area contributed by atoms with E-state index in [4.69, 9.17) is 9.47 Å². The Kier molecular flexibility index (Phi) is 6.46. The molecule has 1 aliphatic carbocycles. The molecule has 3 aromatic rings. The molecule has 2 aromatic carbocycles. The summed E-state index contributed by atoms with van der Waals surface area (Å²) in [5, 5.41) is 9.32. The summed E-state index contributed by atoms with van der Waals surface area (Å²) in [4.78, 5) is 15.0. The van der Waals surface area contributed by atoms with Crippen LogP contribution in [0.15, 0.2) is 53.7 Å². The van der Waals surface area contributed by atoms with E-state index < -0.39 is 0 Å². The lowest BCUT2D eigenvalue weighted by molar-refractivity contribution is -0.129. The van der Waals surface area contributed by atoms with Gasteiger partial charge in [-0.15, -0.1) is 10.2 Å². The molecular weight excluding hydrogens is 412 g/mol. The van der Waals surface area contributed by atoms with Gasteiger partial charge in [-0.1, -0.05) is 23.9 Å². The van der Waals surface area contributed by atoms with Crippen LogP contribution in [0.3, 0.4) is 0 Å². The first-order valence-corrected chi connectivity index (χ1v) is 11.2. The Morgan fingerprint density at radius 2 is 1.65 bits per heavy atom. The maximum absolute atomic E-state index is 13.0. The smallest absolute Gasteiger partial charge is 0.233 e. The second-order valence-electron chi connectivity index (χ2n) is 7.48. The van der Waals surface area contributed by atoms with Gasteiger partial charge in [0.05, 0.1) is 20.0 Å². The number of methoxy groups -OCH3 is 2. The largest absolute Gasteiger partial charge is 0.497 e. The third-order valence-corrected chi connectivity index (χ3v) is 6.33. The van der Waals surface area contributed by atoms with Gasteiger partial charge in [0, 0.05) is 25.2 Å². The third-order valence-electron chi connectivity index (χ3n) is 5.33. The van der Waals surface area contributed by atoms with E-state index in [0.717, 1.165) is 46.4 Å². The number of rotatable bonds is 9. The lowest BCUT2D eigenvalue weighted by Gasteiger charge is -2.22. The molecule has 1 fully saturated rings. The van der Waals surface area contributed by atoms with Crippen LogP contribution in [0.1, 0.15) is 18.4 Å². The van der Waals surface area contributed by atoms with Crippen LogP contribution in [0.25, 0.3) is 11.4 Å². The molecule has 1 saturated carbocycles. The van der Waals surface area contributed by atoms with Crippen LogP contribution < -0.4 is 9.47 Å². The van der Waals surface area contributed by atoms with Crippen molar-refractivity contribution in [3.05, 3.63) is 54.1 Å². The third kappa shape index (κ3) is 5.02. The van der Waals surface area contributed by atoms with Crippen molar-refractivity contribution in [2.45, 2.75) is 30.6 Å². The molecule has 0 spiro atoms. The van der Waals surface area contributed by atoms with E-state index in [0.29, 0.717) is 18.3 Å². The fourth-order valence-electron chi connectivity index (χ4n) is 3.38. The van der Waals surface area contributed by atoms with Crippen LogP contribution in [0.2, 0.25) is 0 Å². The van der Waals surface area contributed by atoms with Gasteiger partial charge in [-0.3, -0.25) is 4.79 Å². The van der Waals surface area contributed by atoms with Gasteiger partial charge in [-0.25, -0.2) is 0 Å². The minimum atomic E-state index is 0.123. The fraction of sp³-hybridized carbons (Fsp3) is 0.348. The van der Waals surface area contributed by atoms with Gasteiger partial charge in [0.1, 0.15) is 11.5 Å². The topological polar surface area (TPSA) is 69.5 Å². The second-order valence-corrected chi connectivity index (χ2v) is 8.43. The highest BCUT2D eigenvalue weighted by Crippen LogP contribution is 2.30. The molecule has 8 heteroatoms. The van der Waals surface area contributed by atoms with Crippen molar-refractivity contribution >= 4 is 17.7 Å². The van der Waals surface area contributed by atoms with Crippen molar-refractivity contribution in [1.82, 2.24) is 19.7 Å². The second kappa shape index (κ2) is 9.43. The lowest BCUT2D eigenvalue weighted by Crippen LogP contribution is -2.34. The molecule has 0 atom stereocenters. The first-order chi connectivity index (χ1) is 15.1. The number of nitrogens with zero attached hydrogens (tertiary/aromatic N) is 4. The Labute approximate surface area is 186 Å². The molecule has 31 heavy (non-hydrogen) atoms. The van der Waals surface area contributed by atoms with Crippen LogP contribution in [-0.2, 0) is 18.4 Å². The predicted octanol–water partition coefficient (Wildman–Crippen LogP) is 3.78. The average Bonchev–Trinajstić information content (AvgIpc) is 3.59. The van der Waals surface area contributed by atoms with E-state index in [-0.39, 0.29) is 5.91 Å². The Morgan fingerprint density at radius 3 is 2.23 bits per heavy atom. The summed E-state index contributed by atoms with van der Waals surface area (Å²) in [7, 11) is 5.21.